The highest BCUT2D eigenvalue weighted by Crippen LogP contribution is 2.23. The molecule has 1 aliphatic carbocycles. The van der Waals surface area contributed by atoms with Crippen LogP contribution >= 0.6 is 11.6 Å². The fourth-order valence-electron chi connectivity index (χ4n) is 2.69. The molecule has 0 aliphatic heterocycles. The van der Waals surface area contributed by atoms with Crippen LogP contribution in [0.1, 0.15) is 23.2 Å². The average Bonchev–Trinajstić information content (AvgIpc) is 2.85. The Hall–Kier alpha value is -1.74. The van der Waals surface area contributed by atoms with Crippen LogP contribution in [0.15, 0.2) is 35.1 Å². The molecule has 98 valence electrons. The number of nitrogen functional groups attached to an aromatic ring is 1. The minimum absolute atomic E-state index is 0.0270. The number of nitrogens with zero attached hydrogens (tertiary/aromatic N) is 1. The first-order valence-electron chi connectivity index (χ1n) is 6.40. The van der Waals surface area contributed by atoms with Gasteiger partial charge in [-0.2, -0.15) is 0 Å². The number of halogens is 1. The van der Waals surface area contributed by atoms with E-state index in [9.17, 15) is 4.79 Å². The second-order valence-electron chi connectivity index (χ2n) is 4.93. The molecule has 0 spiro atoms. The molecule has 1 aromatic carbocycles. The van der Waals surface area contributed by atoms with Gasteiger partial charge in [0.25, 0.3) is 5.56 Å². The van der Waals surface area contributed by atoms with Crippen molar-refractivity contribution < 1.29 is 0 Å². The normalized spacial score (nSPS) is 13.5. The number of rotatable bonds is 2. The van der Waals surface area contributed by atoms with Gasteiger partial charge in [-0.3, -0.25) is 4.79 Å². The molecular weight excluding hydrogens is 260 g/mol. The van der Waals surface area contributed by atoms with Crippen LogP contribution in [-0.2, 0) is 19.4 Å². The van der Waals surface area contributed by atoms with E-state index in [0.717, 1.165) is 30.5 Å². The summed E-state index contributed by atoms with van der Waals surface area (Å²) in [6.07, 6.45) is 3.13. The standard InChI is InChI=1S/C15H15ClN2O/c16-13-6-5-12(17)8-11(13)9-18-14-3-1-2-10(14)4-7-15(18)19/h4-8H,1-3,9,17H2. The Morgan fingerprint density at radius 3 is 2.89 bits per heavy atom. The van der Waals surface area contributed by atoms with Crippen LogP contribution in [0.2, 0.25) is 5.02 Å². The van der Waals surface area contributed by atoms with Gasteiger partial charge in [0, 0.05) is 22.5 Å². The number of fused-ring (bicyclic) bond motifs is 1. The monoisotopic (exact) mass is 274 g/mol. The van der Waals surface area contributed by atoms with Gasteiger partial charge in [0.15, 0.2) is 0 Å². The molecule has 2 N–H and O–H groups in total. The van der Waals surface area contributed by atoms with Crippen LogP contribution in [0, 0.1) is 0 Å². The number of nitrogens with two attached hydrogens (primary N) is 1. The second kappa shape index (κ2) is 4.74. The summed E-state index contributed by atoms with van der Waals surface area (Å²) >= 11 is 6.18. The van der Waals surface area contributed by atoms with E-state index in [1.807, 2.05) is 16.7 Å². The molecule has 3 nitrogen and oxygen atoms in total. The minimum Gasteiger partial charge on any atom is -0.399 e. The van der Waals surface area contributed by atoms with E-state index in [0.29, 0.717) is 17.3 Å². The zero-order valence-electron chi connectivity index (χ0n) is 10.5. The number of hydrogen-bond acceptors (Lipinski definition) is 2. The highest BCUT2D eigenvalue weighted by molar-refractivity contribution is 6.31. The molecule has 0 saturated heterocycles. The fraction of sp³-hybridized carbons (Fsp3) is 0.267. The Kier molecular flexibility index (Phi) is 3.07. The molecular formula is C15H15ClN2O. The van der Waals surface area contributed by atoms with Crippen molar-refractivity contribution in [3.05, 3.63) is 62.5 Å². The van der Waals surface area contributed by atoms with Gasteiger partial charge in [-0.1, -0.05) is 17.7 Å². The van der Waals surface area contributed by atoms with Crippen LogP contribution in [0.4, 0.5) is 5.69 Å². The van der Waals surface area contributed by atoms with Crippen molar-refractivity contribution in [2.45, 2.75) is 25.8 Å². The zero-order valence-corrected chi connectivity index (χ0v) is 11.3. The maximum absolute atomic E-state index is 12.1. The summed E-state index contributed by atoms with van der Waals surface area (Å²) < 4.78 is 1.82. The third kappa shape index (κ3) is 2.26. The van der Waals surface area contributed by atoms with E-state index in [-0.39, 0.29) is 5.56 Å². The van der Waals surface area contributed by atoms with Crippen molar-refractivity contribution in [1.29, 1.82) is 0 Å². The van der Waals surface area contributed by atoms with Gasteiger partial charge in [0.05, 0.1) is 6.54 Å². The van der Waals surface area contributed by atoms with Gasteiger partial charge in [-0.15, -0.1) is 0 Å². The highest BCUT2D eigenvalue weighted by Gasteiger charge is 2.16. The SMILES string of the molecule is Nc1ccc(Cl)c(Cn2c3c(ccc2=O)CCC3)c1. The molecule has 1 aliphatic rings. The number of aryl methyl sites for hydroxylation is 1. The molecule has 0 saturated carbocycles. The quantitative estimate of drug-likeness (QED) is 0.856. The smallest absolute Gasteiger partial charge is 0.251 e. The molecule has 19 heavy (non-hydrogen) atoms. The highest BCUT2D eigenvalue weighted by atomic mass is 35.5. The second-order valence-corrected chi connectivity index (χ2v) is 5.34. The van der Waals surface area contributed by atoms with Crippen LogP contribution in [0.5, 0.6) is 0 Å². The lowest BCUT2D eigenvalue weighted by molar-refractivity contribution is 0.708. The summed E-state index contributed by atoms with van der Waals surface area (Å²) in [5.41, 5.74) is 9.79. The van der Waals surface area contributed by atoms with Crippen molar-refractivity contribution in [3.8, 4) is 0 Å². The Bertz CT molecular complexity index is 691. The van der Waals surface area contributed by atoms with Crippen LogP contribution in [0.3, 0.4) is 0 Å². The summed E-state index contributed by atoms with van der Waals surface area (Å²) in [7, 11) is 0. The van der Waals surface area contributed by atoms with Crippen molar-refractivity contribution in [3.63, 3.8) is 0 Å². The Morgan fingerprint density at radius 1 is 1.21 bits per heavy atom. The lowest BCUT2D eigenvalue weighted by atomic mass is 10.1. The van der Waals surface area contributed by atoms with Crippen molar-refractivity contribution in [1.82, 2.24) is 4.57 Å². The van der Waals surface area contributed by atoms with E-state index in [4.69, 9.17) is 17.3 Å². The van der Waals surface area contributed by atoms with Gasteiger partial charge in [0.1, 0.15) is 0 Å². The topological polar surface area (TPSA) is 48.0 Å². The molecule has 1 aromatic heterocycles. The first-order valence-corrected chi connectivity index (χ1v) is 6.78. The number of benzene rings is 1. The van der Waals surface area contributed by atoms with Gasteiger partial charge < -0.3 is 10.3 Å². The summed E-state index contributed by atoms with van der Waals surface area (Å²) in [5.74, 6) is 0. The molecule has 0 radical (unpaired) electrons. The zero-order chi connectivity index (χ0) is 13.4. The van der Waals surface area contributed by atoms with Crippen LogP contribution in [0.25, 0.3) is 0 Å². The number of anilines is 1. The molecule has 0 bridgehead atoms. The molecule has 0 amide bonds. The summed E-state index contributed by atoms with van der Waals surface area (Å²) in [5, 5.41) is 0.650. The Balaban J connectivity index is 2.07. The van der Waals surface area contributed by atoms with Crippen molar-refractivity contribution in [2.24, 2.45) is 0 Å². The van der Waals surface area contributed by atoms with E-state index >= 15 is 0 Å². The van der Waals surface area contributed by atoms with E-state index in [1.54, 1.807) is 18.2 Å². The Morgan fingerprint density at radius 2 is 2.05 bits per heavy atom. The first kappa shape index (κ1) is 12.3. The lowest BCUT2D eigenvalue weighted by Gasteiger charge is -2.13. The van der Waals surface area contributed by atoms with Gasteiger partial charge >= 0.3 is 0 Å². The number of pyridine rings is 1. The van der Waals surface area contributed by atoms with Crippen LogP contribution in [-0.4, -0.2) is 4.57 Å². The third-order valence-electron chi connectivity index (χ3n) is 3.65. The maximum atomic E-state index is 12.1. The minimum atomic E-state index is 0.0270. The van der Waals surface area contributed by atoms with Crippen molar-refractivity contribution in [2.75, 3.05) is 5.73 Å². The molecule has 0 fully saturated rings. The molecule has 3 rings (SSSR count). The largest absolute Gasteiger partial charge is 0.399 e. The Labute approximate surface area is 116 Å². The average molecular weight is 275 g/mol. The third-order valence-corrected chi connectivity index (χ3v) is 4.02. The van der Waals surface area contributed by atoms with E-state index in [1.165, 1.54) is 5.56 Å². The van der Waals surface area contributed by atoms with Gasteiger partial charge in [-0.25, -0.2) is 0 Å². The molecule has 2 aromatic rings. The van der Waals surface area contributed by atoms with Crippen LogP contribution < -0.4 is 11.3 Å². The predicted octanol–water partition coefficient (Wildman–Crippen LogP) is 2.62. The maximum Gasteiger partial charge on any atom is 0.251 e. The number of aromatic nitrogens is 1. The van der Waals surface area contributed by atoms with E-state index < -0.39 is 0 Å². The molecule has 4 heteroatoms. The first-order chi connectivity index (χ1) is 9.15. The number of hydrogen-bond donors (Lipinski definition) is 1. The summed E-state index contributed by atoms with van der Waals surface area (Å²) in [6.45, 7) is 0.492. The van der Waals surface area contributed by atoms with Crippen molar-refractivity contribution >= 4 is 17.3 Å². The molecule has 0 atom stereocenters. The van der Waals surface area contributed by atoms with Gasteiger partial charge in [0.2, 0.25) is 0 Å². The van der Waals surface area contributed by atoms with Gasteiger partial charge in [-0.05, 0) is 48.6 Å². The predicted molar refractivity (Wildman–Crippen MR) is 77.7 cm³/mol. The summed E-state index contributed by atoms with van der Waals surface area (Å²) in [4.78, 5) is 12.1. The molecule has 0 unspecified atom stereocenters. The molecule has 1 heterocycles. The lowest BCUT2D eigenvalue weighted by Crippen LogP contribution is -2.23. The summed E-state index contributed by atoms with van der Waals surface area (Å²) in [6, 6.07) is 8.97. The fourth-order valence-corrected chi connectivity index (χ4v) is 2.87. The van der Waals surface area contributed by atoms with E-state index in [2.05, 4.69) is 0 Å².